The Morgan fingerprint density at radius 2 is 2.05 bits per heavy atom. The van der Waals surface area contributed by atoms with Gasteiger partial charge in [0, 0.05) is 5.69 Å². The summed E-state index contributed by atoms with van der Waals surface area (Å²) in [4.78, 5) is 4.04. The third-order valence-electron chi connectivity index (χ3n) is 2.65. The van der Waals surface area contributed by atoms with E-state index in [0.29, 0.717) is 5.69 Å². The molecule has 0 amide bonds. The Morgan fingerprint density at radius 1 is 1.30 bits per heavy atom. The minimum atomic E-state index is -3.80. The summed E-state index contributed by atoms with van der Waals surface area (Å²) in [6.45, 7) is 1.86. The Labute approximate surface area is 116 Å². The van der Waals surface area contributed by atoms with Gasteiger partial charge in [0.25, 0.3) is 0 Å². The smallest absolute Gasteiger partial charge is 0.242 e. The van der Waals surface area contributed by atoms with E-state index >= 15 is 0 Å². The van der Waals surface area contributed by atoms with Crippen molar-refractivity contribution in [2.45, 2.75) is 18.4 Å². The van der Waals surface area contributed by atoms with Crippen LogP contribution in [-0.2, 0) is 16.6 Å². The number of benzene rings is 1. The highest BCUT2D eigenvalue weighted by atomic mass is 32.2. The van der Waals surface area contributed by atoms with E-state index in [-0.39, 0.29) is 17.1 Å². The molecule has 2 rings (SSSR count). The quantitative estimate of drug-likeness (QED) is 0.839. The van der Waals surface area contributed by atoms with Crippen molar-refractivity contribution in [2.75, 3.05) is 5.73 Å². The van der Waals surface area contributed by atoms with Gasteiger partial charge in [0.2, 0.25) is 10.0 Å². The van der Waals surface area contributed by atoms with Gasteiger partial charge in [0.15, 0.2) is 0 Å². The first-order valence-corrected chi connectivity index (χ1v) is 7.34. The molecule has 0 saturated heterocycles. The fraction of sp³-hybridized carbons (Fsp3) is 0.154. The standard InChI is InChI=1S/C13H14FN3O2S/c1-9-3-2-4-11(17-9)8-16-20(18,19)13-6-5-10(14)7-12(13)15/h2-7,16H,8,15H2,1H3. The maximum atomic E-state index is 12.9. The van der Waals surface area contributed by atoms with Crippen LogP contribution in [0.1, 0.15) is 11.4 Å². The van der Waals surface area contributed by atoms with Gasteiger partial charge in [-0.1, -0.05) is 6.07 Å². The van der Waals surface area contributed by atoms with Crippen LogP contribution in [0, 0.1) is 12.7 Å². The number of pyridine rings is 1. The van der Waals surface area contributed by atoms with Crippen molar-refractivity contribution in [1.29, 1.82) is 0 Å². The van der Waals surface area contributed by atoms with Gasteiger partial charge < -0.3 is 5.73 Å². The highest BCUT2D eigenvalue weighted by Gasteiger charge is 2.17. The van der Waals surface area contributed by atoms with E-state index in [9.17, 15) is 12.8 Å². The molecule has 0 aliphatic carbocycles. The van der Waals surface area contributed by atoms with E-state index in [1.165, 1.54) is 0 Å². The topological polar surface area (TPSA) is 85.1 Å². The van der Waals surface area contributed by atoms with Crippen LogP contribution in [0.25, 0.3) is 0 Å². The number of nitrogens with zero attached hydrogens (tertiary/aromatic N) is 1. The van der Waals surface area contributed by atoms with Crippen molar-refractivity contribution in [1.82, 2.24) is 9.71 Å². The molecule has 0 atom stereocenters. The number of rotatable bonds is 4. The number of hydrogen-bond acceptors (Lipinski definition) is 4. The minimum absolute atomic E-state index is 0.0425. The predicted molar refractivity (Wildman–Crippen MR) is 73.8 cm³/mol. The molecule has 0 bridgehead atoms. The summed E-state index contributed by atoms with van der Waals surface area (Å²) in [5.41, 5.74) is 6.78. The van der Waals surface area contributed by atoms with Gasteiger partial charge in [0.05, 0.1) is 17.9 Å². The molecule has 0 radical (unpaired) electrons. The molecule has 106 valence electrons. The molecule has 0 unspecified atom stereocenters. The molecule has 0 aliphatic rings. The first kappa shape index (κ1) is 14.4. The number of anilines is 1. The molecular weight excluding hydrogens is 281 g/mol. The zero-order chi connectivity index (χ0) is 14.8. The lowest BCUT2D eigenvalue weighted by Gasteiger charge is -2.09. The van der Waals surface area contributed by atoms with E-state index in [1.54, 1.807) is 12.1 Å². The number of nitrogens with two attached hydrogens (primary N) is 1. The predicted octanol–water partition coefficient (Wildman–Crippen LogP) is 1.59. The molecule has 1 aromatic heterocycles. The average molecular weight is 295 g/mol. The first-order valence-electron chi connectivity index (χ1n) is 5.86. The maximum absolute atomic E-state index is 12.9. The van der Waals surface area contributed by atoms with Crippen LogP contribution in [0.5, 0.6) is 0 Å². The number of aryl methyl sites for hydroxylation is 1. The second-order valence-corrected chi connectivity index (χ2v) is 6.01. The van der Waals surface area contributed by atoms with Crippen molar-refractivity contribution in [3.63, 3.8) is 0 Å². The summed E-state index contributed by atoms with van der Waals surface area (Å²) in [7, 11) is -3.80. The van der Waals surface area contributed by atoms with Crippen molar-refractivity contribution >= 4 is 15.7 Å². The van der Waals surface area contributed by atoms with E-state index in [0.717, 1.165) is 23.9 Å². The lowest BCUT2D eigenvalue weighted by Crippen LogP contribution is -2.24. The van der Waals surface area contributed by atoms with Gasteiger partial charge in [-0.2, -0.15) is 0 Å². The monoisotopic (exact) mass is 295 g/mol. The number of nitrogens with one attached hydrogen (secondary N) is 1. The summed E-state index contributed by atoms with van der Waals surface area (Å²) in [5, 5.41) is 0. The molecule has 5 nitrogen and oxygen atoms in total. The lowest BCUT2D eigenvalue weighted by atomic mass is 10.3. The molecule has 0 aliphatic heterocycles. The van der Waals surface area contributed by atoms with E-state index in [1.807, 2.05) is 13.0 Å². The fourth-order valence-electron chi connectivity index (χ4n) is 1.71. The Hall–Kier alpha value is -1.99. The van der Waals surface area contributed by atoms with Crippen LogP contribution in [0.4, 0.5) is 10.1 Å². The summed E-state index contributed by atoms with van der Waals surface area (Å²) in [6, 6.07) is 8.48. The molecular formula is C13H14FN3O2S. The third kappa shape index (κ3) is 3.31. The van der Waals surface area contributed by atoms with Gasteiger partial charge in [-0.3, -0.25) is 4.98 Å². The van der Waals surface area contributed by atoms with Crippen LogP contribution in [-0.4, -0.2) is 13.4 Å². The largest absolute Gasteiger partial charge is 0.398 e. The second-order valence-electron chi connectivity index (χ2n) is 4.28. The molecule has 3 N–H and O–H groups in total. The Bertz CT molecular complexity index is 732. The summed E-state index contributed by atoms with van der Waals surface area (Å²) < 4.78 is 39.5. The third-order valence-corrected chi connectivity index (χ3v) is 4.13. The molecule has 0 fully saturated rings. The van der Waals surface area contributed by atoms with Gasteiger partial charge in [-0.25, -0.2) is 17.5 Å². The number of aromatic nitrogens is 1. The zero-order valence-electron chi connectivity index (χ0n) is 10.8. The molecule has 1 aromatic carbocycles. The summed E-state index contributed by atoms with van der Waals surface area (Å²) >= 11 is 0. The van der Waals surface area contributed by atoms with Gasteiger partial charge in [-0.05, 0) is 37.3 Å². The molecule has 7 heteroatoms. The van der Waals surface area contributed by atoms with Crippen molar-refractivity contribution < 1.29 is 12.8 Å². The first-order chi connectivity index (χ1) is 9.38. The van der Waals surface area contributed by atoms with E-state index < -0.39 is 15.8 Å². The number of halogens is 1. The highest BCUT2D eigenvalue weighted by molar-refractivity contribution is 7.89. The SMILES string of the molecule is Cc1cccc(CNS(=O)(=O)c2ccc(F)cc2N)n1. The highest BCUT2D eigenvalue weighted by Crippen LogP contribution is 2.19. The Balaban J connectivity index is 2.19. The molecule has 0 saturated carbocycles. The number of hydrogen-bond donors (Lipinski definition) is 2. The average Bonchev–Trinajstić information content (AvgIpc) is 2.36. The molecule has 2 aromatic rings. The fourth-order valence-corrected chi connectivity index (χ4v) is 2.82. The summed E-state index contributed by atoms with van der Waals surface area (Å²) in [6.07, 6.45) is 0. The van der Waals surface area contributed by atoms with Crippen LogP contribution >= 0.6 is 0 Å². The molecule has 1 heterocycles. The Kier molecular flexibility index (Phi) is 4.01. The number of sulfonamides is 1. The Morgan fingerprint density at radius 3 is 2.70 bits per heavy atom. The summed E-state index contributed by atoms with van der Waals surface area (Å²) in [5.74, 6) is -0.582. The maximum Gasteiger partial charge on any atom is 0.242 e. The van der Waals surface area contributed by atoms with Crippen LogP contribution in [0.2, 0.25) is 0 Å². The van der Waals surface area contributed by atoms with Gasteiger partial charge in [-0.15, -0.1) is 0 Å². The zero-order valence-corrected chi connectivity index (χ0v) is 11.6. The molecule has 0 spiro atoms. The second kappa shape index (κ2) is 5.56. The van der Waals surface area contributed by atoms with E-state index in [4.69, 9.17) is 5.73 Å². The minimum Gasteiger partial charge on any atom is -0.398 e. The van der Waals surface area contributed by atoms with Crippen LogP contribution in [0.15, 0.2) is 41.3 Å². The molecule has 20 heavy (non-hydrogen) atoms. The van der Waals surface area contributed by atoms with Crippen LogP contribution < -0.4 is 10.5 Å². The normalized spacial score (nSPS) is 11.5. The van der Waals surface area contributed by atoms with E-state index in [2.05, 4.69) is 9.71 Å². The van der Waals surface area contributed by atoms with Crippen LogP contribution in [0.3, 0.4) is 0 Å². The van der Waals surface area contributed by atoms with Crippen molar-refractivity contribution in [2.24, 2.45) is 0 Å². The van der Waals surface area contributed by atoms with Gasteiger partial charge in [0.1, 0.15) is 10.7 Å². The van der Waals surface area contributed by atoms with Crippen molar-refractivity contribution in [3.05, 3.63) is 53.6 Å². The van der Waals surface area contributed by atoms with Crippen molar-refractivity contribution in [3.8, 4) is 0 Å². The number of nitrogen functional groups attached to an aromatic ring is 1. The van der Waals surface area contributed by atoms with Gasteiger partial charge >= 0.3 is 0 Å². The lowest BCUT2D eigenvalue weighted by molar-refractivity contribution is 0.580.